The fraction of sp³-hybridized carbons (Fsp3) is 0.176. The van der Waals surface area contributed by atoms with Gasteiger partial charge in [0.05, 0.1) is 11.5 Å². The van der Waals surface area contributed by atoms with Gasteiger partial charge in [-0.15, -0.1) is 0 Å². The molecule has 8 nitrogen and oxygen atoms in total. The van der Waals surface area contributed by atoms with Crippen LogP contribution in [0.3, 0.4) is 0 Å². The molecule has 2 aromatic carbocycles. The van der Waals surface area contributed by atoms with Crippen LogP contribution in [0.1, 0.15) is 17.3 Å². The van der Waals surface area contributed by atoms with Crippen LogP contribution in [0.5, 0.6) is 5.75 Å². The number of esters is 1. The van der Waals surface area contributed by atoms with Crippen LogP contribution in [0.15, 0.2) is 48.5 Å². The van der Waals surface area contributed by atoms with Crippen LogP contribution >= 0.6 is 0 Å². The Morgan fingerprint density at radius 1 is 1.16 bits per heavy atom. The second-order valence-corrected chi connectivity index (χ2v) is 4.86. The molecule has 0 fully saturated rings. The molecule has 2 aromatic rings. The first kappa shape index (κ1) is 17.9. The van der Waals surface area contributed by atoms with Crippen molar-refractivity contribution in [2.45, 2.75) is 6.92 Å². The van der Waals surface area contributed by atoms with Crippen molar-refractivity contribution in [3.05, 3.63) is 64.2 Å². The summed E-state index contributed by atoms with van der Waals surface area (Å²) < 4.78 is 10.3. The summed E-state index contributed by atoms with van der Waals surface area (Å²) in [5.74, 6) is -0.841. The Kier molecular flexibility index (Phi) is 6.05. The molecule has 0 bridgehead atoms. The number of nitrogens with one attached hydrogen (secondary N) is 1. The molecule has 0 radical (unpaired) electrons. The summed E-state index contributed by atoms with van der Waals surface area (Å²) in [4.78, 5) is 34.0. The van der Waals surface area contributed by atoms with Crippen molar-refractivity contribution in [1.82, 2.24) is 0 Å². The number of hydrogen-bond donors (Lipinski definition) is 1. The van der Waals surface area contributed by atoms with Crippen molar-refractivity contribution < 1.29 is 24.0 Å². The van der Waals surface area contributed by atoms with E-state index >= 15 is 0 Å². The van der Waals surface area contributed by atoms with Crippen LogP contribution in [-0.4, -0.2) is 30.0 Å². The topological polar surface area (TPSA) is 108 Å². The second-order valence-electron chi connectivity index (χ2n) is 4.86. The van der Waals surface area contributed by atoms with Crippen molar-refractivity contribution in [3.8, 4) is 5.75 Å². The molecule has 0 aliphatic rings. The van der Waals surface area contributed by atoms with Crippen molar-refractivity contribution in [2.24, 2.45) is 0 Å². The fourth-order valence-electron chi connectivity index (χ4n) is 2.01. The molecule has 0 aromatic heterocycles. The number of hydrogen-bond acceptors (Lipinski definition) is 6. The Hall–Kier alpha value is -3.42. The molecule has 0 saturated heterocycles. The largest absolute Gasteiger partial charge is 0.483 e. The van der Waals surface area contributed by atoms with E-state index in [-0.39, 0.29) is 35.9 Å². The van der Waals surface area contributed by atoms with Gasteiger partial charge in [0.15, 0.2) is 6.61 Å². The van der Waals surface area contributed by atoms with Crippen LogP contribution in [-0.2, 0) is 9.53 Å². The summed E-state index contributed by atoms with van der Waals surface area (Å²) in [7, 11) is 0. The number of nitrogens with zero attached hydrogens (tertiary/aromatic N) is 1. The molecule has 1 amide bonds. The minimum atomic E-state index is -0.554. The third kappa shape index (κ3) is 5.03. The van der Waals surface area contributed by atoms with Gasteiger partial charge in [0.25, 0.3) is 11.6 Å². The number of ether oxygens (including phenoxy) is 2. The van der Waals surface area contributed by atoms with Crippen molar-refractivity contribution in [2.75, 3.05) is 18.5 Å². The molecular weight excluding hydrogens is 328 g/mol. The van der Waals surface area contributed by atoms with E-state index in [1.54, 1.807) is 25.1 Å². The number of para-hydroxylation sites is 1. The maximum absolute atomic E-state index is 12.0. The lowest BCUT2D eigenvalue weighted by molar-refractivity contribution is -0.384. The summed E-state index contributed by atoms with van der Waals surface area (Å²) in [5, 5.41) is 13.2. The van der Waals surface area contributed by atoms with E-state index < -0.39 is 16.8 Å². The van der Waals surface area contributed by atoms with Gasteiger partial charge in [-0.1, -0.05) is 18.2 Å². The molecule has 0 unspecified atom stereocenters. The smallest absolute Gasteiger partial charge is 0.341 e. The predicted molar refractivity (Wildman–Crippen MR) is 89.6 cm³/mol. The maximum Gasteiger partial charge on any atom is 0.341 e. The van der Waals surface area contributed by atoms with Crippen LogP contribution < -0.4 is 10.1 Å². The molecule has 0 heterocycles. The summed E-state index contributed by atoms with van der Waals surface area (Å²) >= 11 is 0. The Labute approximate surface area is 143 Å². The van der Waals surface area contributed by atoms with Gasteiger partial charge < -0.3 is 14.8 Å². The first-order valence-corrected chi connectivity index (χ1v) is 7.44. The Bertz CT molecular complexity index is 790. The zero-order valence-electron chi connectivity index (χ0n) is 13.4. The number of benzene rings is 2. The highest BCUT2D eigenvalue weighted by molar-refractivity contribution is 5.94. The lowest BCUT2D eigenvalue weighted by Crippen LogP contribution is -2.21. The molecule has 0 aliphatic heterocycles. The Balaban J connectivity index is 2.00. The van der Waals surface area contributed by atoms with Gasteiger partial charge in [-0.3, -0.25) is 14.9 Å². The second kappa shape index (κ2) is 8.44. The summed E-state index contributed by atoms with van der Waals surface area (Å²) in [6.45, 7) is 1.55. The monoisotopic (exact) mass is 344 g/mol. The lowest BCUT2D eigenvalue weighted by atomic mass is 10.2. The van der Waals surface area contributed by atoms with E-state index in [0.717, 1.165) is 0 Å². The highest BCUT2D eigenvalue weighted by Gasteiger charge is 2.14. The SMILES string of the molecule is CCOC(=O)c1ccccc1OCC(=O)Nc1cccc([N+](=O)[O-])c1. The van der Waals surface area contributed by atoms with Crippen LogP contribution in [0.2, 0.25) is 0 Å². The summed E-state index contributed by atoms with van der Waals surface area (Å²) in [5.41, 5.74) is 0.361. The normalized spacial score (nSPS) is 9.96. The number of anilines is 1. The third-order valence-corrected chi connectivity index (χ3v) is 3.08. The quantitative estimate of drug-likeness (QED) is 0.470. The molecule has 0 aliphatic carbocycles. The summed E-state index contributed by atoms with van der Waals surface area (Å²) in [6, 6.07) is 12.0. The van der Waals surface area contributed by atoms with Crippen molar-refractivity contribution >= 4 is 23.3 Å². The van der Waals surface area contributed by atoms with E-state index in [1.165, 1.54) is 30.3 Å². The molecule has 25 heavy (non-hydrogen) atoms. The zero-order chi connectivity index (χ0) is 18.2. The van der Waals surface area contributed by atoms with Crippen molar-refractivity contribution in [1.29, 1.82) is 0 Å². The van der Waals surface area contributed by atoms with Crippen molar-refractivity contribution in [3.63, 3.8) is 0 Å². The predicted octanol–water partition coefficient (Wildman–Crippen LogP) is 2.79. The maximum atomic E-state index is 12.0. The van der Waals surface area contributed by atoms with E-state index in [0.29, 0.717) is 0 Å². The number of rotatable bonds is 7. The summed E-state index contributed by atoms with van der Waals surface area (Å²) in [6.07, 6.45) is 0. The van der Waals surface area contributed by atoms with Crippen LogP contribution in [0.25, 0.3) is 0 Å². The van der Waals surface area contributed by atoms with E-state index in [9.17, 15) is 19.7 Å². The first-order valence-electron chi connectivity index (χ1n) is 7.44. The first-order chi connectivity index (χ1) is 12.0. The number of amides is 1. The average Bonchev–Trinajstić information content (AvgIpc) is 2.60. The number of non-ortho nitro benzene ring substituents is 1. The highest BCUT2D eigenvalue weighted by atomic mass is 16.6. The Morgan fingerprint density at radius 2 is 1.92 bits per heavy atom. The fourth-order valence-corrected chi connectivity index (χ4v) is 2.01. The minimum Gasteiger partial charge on any atom is -0.483 e. The molecular formula is C17H16N2O6. The van der Waals surface area contributed by atoms with Crippen LogP contribution in [0.4, 0.5) is 11.4 Å². The standard InChI is InChI=1S/C17H16N2O6/c1-2-24-17(21)14-8-3-4-9-15(14)25-11-16(20)18-12-6-5-7-13(10-12)19(22)23/h3-10H,2,11H2,1H3,(H,18,20). The van der Waals surface area contributed by atoms with E-state index in [1.807, 2.05) is 0 Å². The van der Waals surface area contributed by atoms with Gasteiger partial charge >= 0.3 is 5.97 Å². The van der Waals surface area contributed by atoms with Gasteiger partial charge in [0, 0.05) is 17.8 Å². The molecule has 0 atom stereocenters. The van der Waals surface area contributed by atoms with Gasteiger partial charge in [-0.25, -0.2) is 4.79 Å². The number of nitro groups is 1. The van der Waals surface area contributed by atoms with Gasteiger partial charge in [0.2, 0.25) is 0 Å². The van der Waals surface area contributed by atoms with E-state index in [2.05, 4.69) is 5.32 Å². The van der Waals surface area contributed by atoms with Gasteiger partial charge in [0.1, 0.15) is 11.3 Å². The average molecular weight is 344 g/mol. The Morgan fingerprint density at radius 3 is 2.64 bits per heavy atom. The lowest BCUT2D eigenvalue weighted by Gasteiger charge is -2.11. The zero-order valence-corrected chi connectivity index (χ0v) is 13.4. The highest BCUT2D eigenvalue weighted by Crippen LogP contribution is 2.20. The molecule has 2 rings (SSSR count). The third-order valence-electron chi connectivity index (χ3n) is 3.08. The van der Waals surface area contributed by atoms with Gasteiger partial charge in [-0.2, -0.15) is 0 Å². The molecule has 1 N–H and O–H groups in total. The number of nitro benzene ring substituents is 1. The molecule has 130 valence electrons. The van der Waals surface area contributed by atoms with E-state index in [4.69, 9.17) is 9.47 Å². The minimum absolute atomic E-state index is 0.133. The van der Waals surface area contributed by atoms with Gasteiger partial charge in [-0.05, 0) is 25.1 Å². The molecule has 0 saturated carbocycles. The molecule has 0 spiro atoms. The number of carbonyl (C=O) groups is 2. The molecule has 8 heteroatoms. The number of carbonyl (C=O) groups excluding carboxylic acids is 2. The van der Waals surface area contributed by atoms with Crippen LogP contribution in [0, 0.1) is 10.1 Å².